The van der Waals surface area contributed by atoms with Crippen LogP contribution < -0.4 is 0 Å². The molecule has 12 nitrogen and oxygen atoms in total. The van der Waals surface area contributed by atoms with Gasteiger partial charge in [0.1, 0.15) is 0 Å². The molecule has 0 heterocycles. The van der Waals surface area contributed by atoms with E-state index in [1.54, 1.807) is 0 Å². The summed E-state index contributed by atoms with van der Waals surface area (Å²) >= 11 is 0. The Morgan fingerprint density at radius 2 is 0.379 bits per heavy atom. The summed E-state index contributed by atoms with van der Waals surface area (Å²) in [5, 5.41) is 0. The van der Waals surface area contributed by atoms with Crippen molar-refractivity contribution in [3.8, 4) is 0 Å². The van der Waals surface area contributed by atoms with Crippen LogP contribution in [0.25, 0.3) is 0 Å². The van der Waals surface area contributed by atoms with Gasteiger partial charge in [-0.05, 0) is 0 Å². The number of hydrogen-bond donors (Lipinski definition) is 0. The third-order valence-electron chi connectivity index (χ3n) is 5.06. The van der Waals surface area contributed by atoms with Crippen LogP contribution in [0, 0.1) is 0 Å². The maximum atomic E-state index is 5.91. The second-order valence-corrected chi connectivity index (χ2v) is 20.8. The van der Waals surface area contributed by atoms with Gasteiger partial charge in [0, 0.05) is 85.3 Å². The summed E-state index contributed by atoms with van der Waals surface area (Å²) < 4.78 is 69.2. The summed E-state index contributed by atoms with van der Waals surface area (Å²) in [6, 6.07) is 0. The van der Waals surface area contributed by atoms with E-state index in [0.717, 1.165) is 0 Å². The van der Waals surface area contributed by atoms with Crippen LogP contribution in [0.3, 0.4) is 0 Å². The molecule has 0 fully saturated rings. The molecule has 0 amide bonds. The van der Waals surface area contributed by atoms with Gasteiger partial charge in [0.25, 0.3) is 0 Å². The molecule has 0 N–H and O–H groups in total. The summed E-state index contributed by atoms with van der Waals surface area (Å²) in [6.45, 7) is 0. The van der Waals surface area contributed by atoms with E-state index in [4.69, 9.17) is 53.1 Å². The molecular formula is C13H36O12Si4. The van der Waals surface area contributed by atoms with Gasteiger partial charge in [-0.15, -0.1) is 0 Å². The highest BCUT2D eigenvalue weighted by Gasteiger charge is 2.99. The average Bonchev–Trinajstić information content (AvgIpc) is 2.79. The maximum absolute atomic E-state index is 5.91. The fourth-order valence-electron chi connectivity index (χ4n) is 3.96. The van der Waals surface area contributed by atoms with Crippen LogP contribution in [-0.2, 0) is 53.1 Å². The van der Waals surface area contributed by atoms with E-state index in [1.807, 2.05) is 0 Å². The first-order valence-corrected chi connectivity index (χ1v) is 15.2. The predicted octanol–water partition coefficient (Wildman–Crippen LogP) is -0.143. The Bertz CT molecular complexity index is 350. The highest BCUT2D eigenvalue weighted by atomic mass is 28.6. The summed E-state index contributed by atoms with van der Waals surface area (Å²) in [4.78, 5) is 0. The van der Waals surface area contributed by atoms with Crippen molar-refractivity contribution in [2.24, 2.45) is 0 Å². The van der Waals surface area contributed by atoms with Gasteiger partial charge in [-0.2, -0.15) is 0 Å². The molecule has 0 radical (unpaired) electrons. The van der Waals surface area contributed by atoms with Crippen LogP contribution >= 0.6 is 0 Å². The van der Waals surface area contributed by atoms with Crippen molar-refractivity contribution in [2.75, 3.05) is 85.3 Å². The summed E-state index contributed by atoms with van der Waals surface area (Å²) in [7, 11) is 0.806. The highest BCUT2D eigenvalue weighted by Crippen LogP contribution is 2.61. The van der Waals surface area contributed by atoms with Crippen LogP contribution in [0.2, 0.25) is 3.91 Å². The topological polar surface area (TPSA) is 111 Å². The van der Waals surface area contributed by atoms with Crippen LogP contribution in [0.4, 0.5) is 0 Å². The minimum Gasteiger partial charge on any atom is -0.377 e. The minimum atomic E-state index is -4.03. The quantitative estimate of drug-likeness (QED) is 0.265. The zero-order chi connectivity index (χ0) is 23.0. The summed E-state index contributed by atoms with van der Waals surface area (Å²) in [6.07, 6.45) is 0. The van der Waals surface area contributed by atoms with E-state index >= 15 is 0 Å². The monoisotopic (exact) mass is 496 g/mol. The molecule has 29 heavy (non-hydrogen) atoms. The van der Waals surface area contributed by atoms with Crippen LogP contribution in [-0.4, -0.2) is 121 Å². The molecule has 0 aromatic heterocycles. The normalized spacial score (nSPS) is 14.5. The van der Waals surface area contributed by atoms with Crippen molar-refractivity contribution in [2.45, 2.75) is 3.91 Å². The van der Waals surface area contributed by atoms with Gasteiger partial charge in [-0.3, -0.25) is 0 Å². The van der Waals surface area contributed by atoms with Crippen LogP contribution in [0.1, 0.15) is 0 Å². The summed E-state index contributed by atoms with van der Waals surface area (Å²) in [5.74, 6) is 0. The lowest BCUT2D eigenvalue weighted by Crippen LogP contribution is -2.89. The number of hydrogen-bond acceptors (Lipinski definition) is 12. The summed E-state index contributed by atoms with van der Waals surface area (Å²) in [5.41, 5.74) is 0. The van der Waals surface area contributed by atoms with Gasteiger partial charge in [0.05, 0.1) is 0 Å². The second kappa shape index (κ2) is 11.9. The Morgan fingerprint density at radius 1 is 0.276 bits per heavy atom. The van der Waals surface area contributed by atoms with Crippen molar-refractivity contribution in [1.82, 2.24) is 0 Å². The van der Waals surface area contributed by atoms with Gasteiger partial charge >= 0.3 is 35.2 Å². The van der Waals surface area contributed by atoms with Crippen molar-refractivity contribution < 1.29 is 53.1 Å². The maximum Gasteiger partial charge on any atom is 0.520 e. The Balaban J connectivity index is 8.16. The molecule has 0 aliphatic rings. The Morgan fingerprint density at radius 3 is 0.448 bits per heavy atom. The molecule has 0 spiro atoms. The Kier molecular flexibility index (Phi) is 12.0. The molecule has 0 aliphatic heterocycles. The van der Waals surface area contributed by atoms with Gasteiger partial charge in [0.15, 0.2) is 0 Å². The van der Waals surface area contributed by atoms with Crippen molar-refractivity contribution >= 4 is 35.2 Å². The Hall–Kier alpha value is 0.388. The fraction of sp³-hybridized carbons (Fsp3) is 1.00. The standard InChI is InChI=1S/C13H36O12Si4/c1-14-26(15-2,16-3)13(27(17-4,18-5)19-6,28(20-7,21-8)22-9)29(23-10,24-11)25-12/h1-12H3. The molecule has 0 aliphatic carbocycles. The predicted molar refractivity (Wildman–Crippen MR) is 110 cm³/mol. The highest BCUT2D eigenvalue weighted by molar-refractivity contribution is 7.17. The average molecular weight is 497 g/mol. The Labute approximate surface area is 177 Å². The zero-order valence-electron chi connectivity index (χ0n) is 19.4. The van der Waals surface area contributed by atoms with E-state index in [-0.39, 0.29) is 0 Å². The molecule has 0 saturated heterocycles. The van der Waals surface area contributed by atoms with E-state index in [0.29, 0.717) is 0 Å². The second-order valence-electron chi connectivity index (χ2n) is 5.42. The van der Waals surface area contributed by atoms with Gasteiger partial charge in [0.2, 0.25) is 3.91 Å². The smallest absolute Gasteiger partial charge is 0.377 e. The lowest BCUT2D eigenvalue weighted by molar-refractivity contribution is 0.0166. The third kappa shape index (κ3) is 3.77. The first kappa shape index (κ1) is 29.4. The van der Waals surface area contributed by atoms with Gasteiger partial charge in [-0.25, -0.2) is 0 Å². The molecule has 0 bridgehead atoms. The minimum absolute atomic E-state index is 1.41. The molecule has 0 atom stereocenters. The zero-order valence-corrected chi connectivity index (χ0v) is 23.4. The van der Waals surface area contributed by atoms with Gasteiger partial charge in [-0.1, -0.05) is 0 Å². The lowest BCUT2D eigenvalue weighted by atomic mass is 11.7. The lowest BCUT2D eigenvalue weighted by Gasteiger charge is -2.56. The van der Waals surface area contributed by atoms with E-state index in [1.165, 1.54) is 85.3 Å². The first-order chi connectivity index (χ1) is 13.7. The number of rotatable bonds is 16. The van der Waals surface area contributed by atoms with Crippen molar-refractivity contribution in [1.29, 1.82) is 0 Å². The molecule has 0 aromatic rings. The molecular weight excluding hydrogens is 460 g/mol. The largest absolute Gasteiger partial charge is 0.520 e. The van der Waals surface area contributed by atoms with E-state index in [9.17, 15) is 0 Å². The first-order valence-electron chi connectivity index (χ1n) is 8.35. The SMILES string of the molecule is CO[Si](OC)(OC)C([Si](OC)(OC)OC)([Si](OC)(OC)OC)[Si](OC)(OC)OC. The van der Waals surface area contributed by atoms with Crippen molar-refractivity contribution in [3.05, 3.63) is 0 Å². The van der Waals surface area contributed by atoms with E-state index in [2.05, 4.69) is 0 Å². The van der Waals surface area contributed by atoms with Crippen LogP contribution in [0.15, 0.2) is 0 Å². The third-order valence-corrected chi connectivity index (χ3v) is 26.2. The van der Waals surface area contributed by atoms with Crippen molar-refractivity contribution in [3.63, 3.8) is 0 Å². The molecule has 0 rings (SSSR count). The van der Waals surface area contributed by atoms with E-state index < -0.39 is 39.1 Å². The van der Waals surface area contributed by atoms with Gasteiger partial charge < -0.3 is 53.1 Å². The molecule has 176 valence electrons. The molecule has 0 aromatic carbocycles. The fourth-order valence-corrected chi connectivity index (χ4v) is 29.7. The molecule has 0 unspecified atom stereocenters. The van der Waals surface area contributed by atoms with Crippen LogP contribution in [0.5, 0.6) is 0 Å². The molecule has 16 heteroatoms. The molecule has 0 saturated carbocycles.